The van der Waals surface area contributed by atoms with Gasteiger partial charge in [-0.15, -0.1) is 11.3 Å². The third-order valence-electron chi connectivity index (χ3n) is 5.78. The summed E-state index contributed by atoms with van der Waals surface area (Å²) in [5, 5.41) is 4.75. The standard InChI is InChI=1S/C27H22Br3O4PS/c1-3-33-35(31,34-4-2)15-32-26-20(28)13-16(14-21(26)29)23-17-9-5-6-10-18(17)25(30)27-24(23)19-11-7-8-12-22(19)36-27/h5-14H,3-4,15H2,1-2H3. The summed E-state index contributed by atoms with van der Waals surface area (Å²) in [7, 11) is -3.35. The van der Waals surface area contributed by atoms with Crippen LogP contribution in [0.4, 0.5) is 0 Å². The maximum absolute atomic E-state index is 12.9. The molecule has 0 N–H and O–H groups in total. The number of hydrogen-bond donors (Lipinski definition) is 0. The lowest BCUT2D eigenvalue weighted by molar-refractivity contribution is 0.196. The molecule has 36 heavy (non-hydrogen) atoms. The molecule has 0 fully saturated rings. The monoisotopic (exact) mass is 710 g/mol. The number of ether oxygens (including phenoxy) is 1. The summed E-state index contributed by atoms with van der Waals surface area (Å²) in [5.74, 6) is 0.547. The fraction of sp³-hybridized carbons (Fsp3) is 0.185. The first-order valence-corrected chi connectivity index (χ1v) is 16.3. The van der Waals surface area contributed by atoms with E-state index in [1.165, 1.54) is 20.2 Å². The molecule has 0 bridgehead atoms. The molecule has 0 aliphatic carbocycles. The number of halogens is 3. The Kier molecular flexibility index (Phi) is 7.95. The number of benzene rings is 4. The van der Waals surface area contributed by atoms with Crippen molar-refractivity contribution in [2.75, 3.05) is 19.6 Å². The maximum atomic E-state index is 12.9. The van der Waals surface area contributed by atoms with Crippen LogP contribution in [0.5, 0.6) is 5.75 Å². The summed E-state index contributed by atoms with van der Waals surface area (Å²) in [5.41, 5.74) is 2.19. The van der Waals surface area contributed by atoms with E-state index in [9.17, 15) is 4.57 Å². The molecule has 0 saturated carbocycles. The molecule has 186 valence electrons. The largest absolute Gasteiger partial charge is 0.479 e. The Morgan fingerprint density at radius 2 is 1.42 bits per heavy atom. The Morgan fingerprint density at radius 1 is 0.833 bits per heavy atom. The number of thiophene rings is 1. The van der Waals surface area contributed by atoms with E-state index in [4.69, 9.17) is 13.8 Å². The van der Waals surface area contributed by atoms with Crippen molar-refractivity contribution >= 4 is 97.7 Å². The highest BCUT2D eigenvalue weighted by Gasteiger charge is 2.26. The van der Waals surface area contributed by atoms with E-state index >= 15 is 0 Å². The van der Waals surface area contributed by atoms with Gasteiger partial charge < -0.3 is 13.8 Å². The van der Waals surface area contributed by atoms with Crippen molar-refractivity contribution in [1.29, 1.82) is 0 Å². The van der Waals surface area contributed by atoms with Gasteiger partial charge in [-0.25, -0.2) is 0 Å². The Hall–Kier alpha value is -1.25. The summed E-state index contributed by atoms with van der Waals surface area (Å²) in [6, 6.07) is 21.0. The number of fused-ring (bicyclic) bond motifs is 4. The summed E-state index contributed by atoms with van der Waals surface area (Å²) < 4.78 is 34.7. The van der Waals surface area contributed by atoms with Crippen molar-refractivity contribution in [3.63, 3.8) is 0 Å². The second-order valence-electron chi connectivity index (χ2n) is 8.03. The molecule has 0 atom stereocenters. The first kappa shape index (κ1) is 26.4. The highest BCUT2D eigenvalue weighted by molar-refractivity contribution is 9.11. The van der Waals surface area contributed by atoms with Crippen LogP contribution in [0.15, 0.2) is 74.1 Å². The molecule has 5 aromatic rings. The summed E-state index contributed by atoms with van der Waals surface area (Å²) in [6.45, 7) is 4.12. The number of rotatable bonds is 8. The second kappa shape index (κ2) is 10.9. The van der Waals surface area contributed by atoms with E-state index in [0.29, 0.717) is 5.75 Å². The molecule has 0 saturated heterocycles. The van der Waals surface area contributed by atoms with Crippen molar-refractivity contribution in [3.8, 4) is 16.9 Å². The van der Waals surface area contributed by atoms with Crippen LogP contribution in [-0.2, 0) is 13.6 Å². The maximum Gasteiger partial charge on any atom is 0.367 e. The second-order valence-corrected chi connectivity index (χ2v) is 13.6. The van der Waals surface area contributed by atoms with Crippen LogP contribution in [0.3, 0.4) is 0 Å². The fourth-order valence-corrected chi connectivity index (χ4v) is 9.05. The Balaban J connectivity index is 1.69. The van der Waals surface area contributed by atoms with Gasteiger partial charge in [0.05, 0.1) is 26.9 Å². The van der Waals surface area contributed by atoms with Crippen LogP contribution in [-0.4, -0.2) is 19.6 Å². The van der Waals surface area contributed by atoms with Crippen LogP contribution in [0, 0.1) is 0 Å². The highest BCUT2D eigenvalue weighted by Crippen LogP contribution is 2.52. The summed E-state index contributed by atoms with van der Waals surface area (Å²) >= 11 is 13.1. The lowest BCUT2D eigenvalue weighted by Crippen LogP contribution is -2.06. The Morgan fingerprint density at radius 3 is 2.06 bits per heavy atom. The van der Waals surface area contributed by atoms with Gasteiger partial charge in [0.25, 0.3) is 0 Å². The molecule has 5 rings (SSSR count). The fourth-order valence-electron chi connectivity index (χ4n) is 4.39. The van der Waals surface area contributed by atoms with Crippen molar-refractivity contribution < 1.29 is 18.3 Å². The van der Waals surface area contributed by atoms with E-state index in [0.717, 1.165) is 35.3 Å². The normalized spacial score (nSPS) is 12.1. The molecular weight excluding hydrogens is 691 g/mol. The minimum Gasteiger partial charge on any atom is -0.479 e. The van der Waals surface area contributed by atoms with E-state index < -0.39 is 7.60 Å². The smallest absolute Gasteiger partial charge is 0.367 e. The molecule has 0 unspecified atom stereocenters. The van der Waals surface area contributed by atoms with E-state index in [1.807, 2.05) is 12.1 Å². The Bertz CT molecular complexity index is 1620. The molecule has 0 amide bonds. The molecule has 4 aromatic carbocycles. The predicted molar refractivity (Wildman–Crippen MR) is 162 cm³/mol. The number of hydrogen-bond acceptors (Lipinski definition) is 5. The molecule has 4 nitrogen and oxygen atoms in total. The SMILES string of the molecule is CCOP(=O)(COc1c(Br)cc(-c2c3ccccc3c(Br)c3sc4ccccc4c23)cc1Br)OCC. The van der Waals surface area contributed by atoms with Gasteiger partial charge >= 0.3 is 7.60 Å². The minimum absolute atomic E-state index is 0.175. The quantitative estimate of drug-likeness (QED) is 0.150. The van der Waals surface area contributed by atoms with Crippen molar-refractivity contribution in [3.05, 3.63) is 74.1 Å². The van der Waals surface area contributed by atoms with Crippen LogP contribution >= 0.6 is 66.7 Å². The van der Waals surface area contributed by atoms with Crippen LogP contribution < -0.4 is 4.74 Å². The highest BCUT2D eigenvalue weighted by atomic mass is 79.9. The first-order chi connectivity index (χ1) is 17.4. The van der Waals surface area contributed by atoms with E-state index in [1.54, 1.807) is 25.2 Å². The van der Waals surface area contributed by atoms with Gasteiger partial charge in [0.2, 0.25) is 0 Å². The topological polar surface area (TPSA) is 44.8 Å². The van der Waals surface area contributed by atoms with Gasteiger partial charge in [-0.1, -0.05) is 42.5 Å². The zero-order valence-corrected chi connectivity index (χ0v) is 26.0. The zero-order chi connectivity index (χ0) is 25.4. The van der Waals surface area contributed by atoms with Crippen LogP contribution in [0.25, 0.3) is 42.1 Å². The molecule has 1 heterocycles. The zero-order valence-electron chi connectivity index (χ0n) is 19.5. The molecule has 0 aliphatic rings. The predicted octanol–water partition coefficient (Wildman–Crippen LogP) is 10.8. The van der Waals surface area contributed by atoms with E-state index in [-0.39, 0.29) is 19.6 Å². The lowest BCUT2D eigenvalue weighted by atomic mass is 9.93. The third-order valence-corrected chi connectivity index (χ3v) is 11.0. The van der Waals surface area contributed by atoms with Gasteiger partial charge in [0.1, 0.15) is 5.75 Å². The first-order valence-electron chi connectivity index (χ1n) is 11.4. The lowest BCUT2D eigenvalue weighted by Gasteiger charge is -2.19. The van der Waals surface area contributed by atoms with Gasteiger partial charge in [-0.05, 0) is 102 Å². The molecular formula is C27H22Br3O4PS. The summed E-state index contributed by atoms with van der Waals surface area (Å²) in [4.78, 5) is 0. The third kappa shape index (κ3) is 4.82. The van der Waals surface area contributed by atoms with Gasteiger partial charge in [0, 0.05) is 19.9 Å². The average molecular weight is 713 g/mol. The molecule has 0 aliphatic heterocycles. The van der Waals surface area contributed by atoms with Gasteiger partial charge in [-0.2, -0.15) is 0 Å². The Labute approximate surface area is 238 Å². The molecule has 9 heteroatoms. The van der Waals surface area contributed by atoms with Crippen molar-refractivity contribution in [2.45, 2.75) is 13.8 Å². The minimum atomic E-state index is -3.35. The average Bonchev–Trinajstić information content (AvgIpc) is 3.24. The van der Waals surface area contributed by atoms with Crippen LogP contribution in [0.2, 0.25) is 0 Å². The van der Waals surface area contributed by atoms with Crippen molar-refractivity contribution in [1.82, 2.24) is 0 Å². The van der Waals surface area contributed by atoms with Gasteiger partial charge in [-0.3, -0.25) is 4.57 Å². The summed E-state index contributed by atoms with van der Waals surface area (Å²) in [6.07, 6.45) is -0.175. The molecule has 0 radical (unpaired) electrons. The van der Waals surface area contributed by atoms with Crippen molar-refractivity contribution in [2.24, 2.45) is 0 Å². The van der Waals surface area contributed by atoms with Gasteiger partial charge in [0.15, 0.2) is 6.35 Å². The molecule has 1 aromatic heterocycles. The van der Waals surface area contributed by atoms with Crippen LogP contribution in [0.1, 0.15) is 13.8 Å². The molecule has 0 spiro atoms. The van der Waals surface area contributed by atoms with E-state index in [2.05, 4.69) is 96.3 Å².